The highest BCUT2D eigenvalue weighted by Gasteiger charge is 2.17. The van der Waals surface area contributed by atoms with E-state index in [0.29, 0.717) is 5.82 Å². The molecule has 1 aromatic rings. The van der Waals surface area contributed by atoms with Crippen LogP contribution >= 0.6 is 0 Å². The molecule has 0 aliphatic heterocycles. The molecule has 0 saturated heterocycles. The van der Waals surface area contributed by atoms with E-state index in [4.69, 9.17) is 5.84 Å². The van der Waals surface area contributed by atoms with Crippen molar-refractivity contribution < 1.29 is 0 Å². The largest absolute Gasteiger partial charge is 0.369 e. The van der Waals surface area contributed by atoms with Crippen molar-refractivity contribution in [3.8, 4) is 0 Å². The van der Waals surface area contributed by atoms with Crippen LogP contribution in [0.4, 0.5) is 11.6 Å². The summed E-state index contributed by atoms with van der Waals surface area (Å²) in [5.74, 6) is 8.05. The molecular formula is C16H31N5. The Balaban J connectivity index is 2.67. The predicted octanol–water partition coefficient (Wildman–Crippen LogP) is 3.90. The molecule has 1 aromatic heterocycles. The van der Waals surface area contributed by atoms with Crippen molar-refractivity contribution >= 4 is 11.6 Å². The van der Waals surface area contributed by atoms with E-state index in [1.54, 1.807) is 0 Å². The summed E-state index contributed by atoms with van der Waals surface area (Å²) in [4.78, 5) is 8.93. The highest BCUT2D eigenvalue weighted by atomic mass is 15.3. The number of unbranched alkanes of at least 4 members (excludes halogenated alkanes) is 2. The van der Waals surface area contributed by atoms with Gasteiger partial charge in [-0.25, -0.2) is 15.8 Å². The number of nitrogen functional groups attached to an aromatic ring is 1. The fourth-order valence-electron chi connectivity index (χ4n) is 2.16. The normalized spacial score (nSPS) is 11.8. The van der Waals surface area contributed by atoms with Crippen LogP contribution in [0.25, 0.3) is 0 Å². The first-order valence-corrected chi connectivity index (χ1v) is 7.97. The number of aromatic nitrogens is 2. The molecule has 0 aliphatic carbocycles. The number of nitrogens with one attached hydrogen (secondary N) is 2. The Kier molecular flexibility index (Phi) is 6.89. The van der Waals surface area contributed by atoms with Crippen LogP contribution in [0, 0.1) is 5.41 Å². The summed E-state index contributed by atoms with van der Waals surface area (Å²) in [6.07, 6.45) is 5.06. The van der Waals surface area contributed by atoms with Crippen LogP contribution in [-0.4, -0.2) is 16.5 Å². The van der Waals surface area contributed by atoms with E-state index < -0.39 is 0 Å². The van der Waals surface area contributed by atoms with Crippen LogP contribution in [0.1, 0.15) is 72.0 Å². The number of anilines is 2. The van der Waals surface area contributed by atoms with E-state index in [1.807, 2.05) is 6.07 Å². The van der Waals surface area contributed by atoms with Gasteiger partial charge in [0.2, 0.25) is 0 Å². The summed E-state index contributed by atoms with van der Waals surface area (Å²) in [6, 6.07) is 1.86. The number of hydrogen-bond donors (Lipinski definition) is 3. The molecule has 0 fully saturated rings. The van der Waals surface area contributed by atoms with E-state index >= 15 is 0 Å². The van der Waals surface area contributed by atoms with Gasteiger partial charge < -0.3 is 10.7 Å². The van der Waals surface area contributed by atoms with Crippen molar-refractivity contribution in [2.24, 2.45) is 11.3 Å². The third-order valence-corrected chi connectivity index (χ3v) is 3.61. The molecule has 120 valence electrons. The number of nitrogens with two attached hydrogens (primary N) is 1. The Morgan fingerprint density at radius 2 is 1.86 bits per heavy atom. The highest BCUT2D eigenvalue weighted by molar-refractivity contribution is 5.47. The van der Waals surface area contributed by atoms with Crippen LogP contribution in [0.2, 0.25) is 0 Å². The van der Waals surface area contributed by atoms with E-state index in [0.717, 1.165) is 18.2 Å². The maximum Gasteiger partial charge on any atom is 0.145 e. The van der Waals surface area contributed by atoms with Crippen LogP contribution in [0.5, 0.6) is 0 Å². The zero-order valence-corrected chi connectivity index (χ0v) is 14.2. The van der Waals surface area contributed by atoms with Gasteiger partial charge in [-0.2, -0.15) is 0 Å². The molecule has 0 radical (unpaired) electrons. The maximum absolute atomic E-state index is 5.48. The average Bonchev–Trinajstić information content (AvgIpc) is 2.45. The summed E-state index contributed by atoms with van der Waals surface area (Å²) in [6.45, 7) is 11.9. The summed E-state index contributed by atoms with van der Waals surface area (Å²) >= 11 is 0. The van der Waals surface area contributed by atoms with Gasteiger partial charge in [0.15, 0.2) is 0 Å². The van der Waals surface area contributed by atoms with Crippen LogP contribution in [0.3, 0.4) is 0 Å². The van der Waals surface area contributed by atoms with Crippen molar-refractivity contribution in [3.63, 3.8) is 0 Å². The minimum atomic E-state index is 0.258. The molecule has 0 amide bonds. The molecule has 4 N–H and O–H groups in total. The second-order valence-corrected chi connectivity index (χ2v) is 6.77. The summed E-state index contributed by atoms with van der Waals surface area (Å²) in [5.41, 5.74) is 2.87. The molecule has 0 atom stereocenters. The molecular weight excluding hydrogens is 262 g/mol. The summed E-state index contributed by atoms with van der Waals surface area (Å²) in [7, 11) is 0. The monoisotopic (exact) mass is 293 g/mol. The first-order valence-electron chi connectivity index (χ1n) is 7.97. The van der Waals surface area contributed by atoms with Crippen LogP contribution in [-0.2, 0) is 0 Å². The average molecular weight is 293 g/mol. The standard InChI is InChI=1S/C16H31N5/c1-6-7-8-9-16(4,5)11-18-13-10-14(21-17)20-15(19-13)12(2)3/h10,12H,6-9,11,17H2,1-5H3,(H2,18,19,20,21). The number of rotatable bonds is 9. The van der Waals surface area contributed by atoms with Crippen molar-refractivity contribution in [1.82, 2.24) is 9.97 Å². The Morgan fingerprint density at radius 1 is 1.19 bits per heavy atom. The lowest BCUT2D eigenvalue weighted by Gasteiger charge is -2.25. The molecule has 21 heavy (non-hydrogen) atoms. The van der Waals surface area contributed by atoms with Gasteiger partial charge in [0.1, 0.15) is 17.5 Å². The molecule has 0 aromatic carbocycles. The highest BCUT2D eigenvalue weighted by Crippen LogP contribution is 2.25. The Bertz CT molecular complexity index is 429. The lowest BCUT2D eigenvalue weighted by Crippen LogP contribution is -2.24. The van der Waals surface area contributed by atoms with E-state index in [9.17, 15) is 0 Å². The van der Waals surface area contributed by atoms with Crippen molar-refractivity contribution in [2.75, 3.05) is 17.3 Å². The van der Waals surface area contributed by atoms with Crippen molar-refractivity contribution in [2.45, 2.75) is 66.2 Å². The minimum absolute atomic E-state index is 0.258. The zero-order valence-electron chi connectivity index (χ0n) is 14.2. The van der Waals surface area contributed by atoms with Gasteiger partial charge in [0, 0.05) is 18.5 Å². The Hall–Kier alpha value is -1.36. The fourth-order valence-corrected chi connectivity index (χ4v) is 2.16. The molecule has 0 bridgehead atoms. The molecule has 1 rings (SSSR count). The van der Waals surface area contributed by atoms with Gasteiger partial charge in [-0.15, -0.1) is 0 Å². The third kappa shape index (κ3) is 6.29. The first kappa shape index (κ1) is 17.7. The van der Waals surface area contributed by atoms with Gasteiger partial charge >= 0.3 is 0 Å². The third-order valence-electron chi connectivity index (χ3n) is 3.61. The molecule has 5 heteroatoms. The second kappa shape index (κ2) is 8.17. The van der Waals surface area contributed by atoms with Gasteiger partial charge in [0.05, 0.1) is 0 Å². The second-order valence-electron chi connectivity index (χ2n) is 6.77. The van der Waals surface area contributed by atoms with Crippen molar-refractivity contribution in [3.05, 3.63) is 11.9 Å². The number of hydrogen-bond acceptors (Lipinski definition) is 5. The molecule has 0 spiro atoms. The smallest absolute Gasteiger partial charge is 0.145 e. The lowest BCUT2D eigenvalue weighted by atomic mass is 9.87. The van der Waals surface area contributed by atoms with E-state index in [2.05, 4.69) is 55.3 Å². The number of hydrazine groups is 1. The Morgan fingerprint density at radius 3 is 2.43 bits per heavy atom. The van der Waals surface area contributed by atoms with Gasteiger partial charge in [-0.05, 0) is 11.8 Å². The first-order chi connectivity index (χ1) is 9.88. The topological polar surface area (TPSA) is 75.9 Å². The zero-order chi connectivity index (χ0) is 15.9. The quantitative estimate of drug-likeness (QED) is 0.366. The predicted molar refractivity (Wildman–Crippen MR) is 90.3 cm³/mol. The lowest BCUT2D eigenvalue weighted by molar-refractivity contribution is 0.342. The SMILES string of the molecule is CCCCCC(C)(C)CNc1cc(NN)nc(C(C)C)n1. The van der Waals surface area contributed by atoms with Crippen LogP contribution < -0.4 is 16.6 Å². The molecule has 5 nitrogen and oxygen atoms in total. The van der Waals surface area contributed by atoms with Crippen LogP contribution in [0.15, 0.2) is 6.07 Å². The van der Waals surface area contributed by atoms with E-state index in [-0.39, 0.29) is 11.3 Å². The summed E-state index contributed by atoms with van der Waals surface area (Å²) < 4.78 is 0. The van der Waals surface area contributed by atoms with Gasteiger partial charge in [-0.3, -0.25) is 0 Å². The molecule has 0 unspecified atom stereocenters. The van der Waals surface area contributed by atoms with Gasteiger partial charge in [-0.1, -0.05) is 53.9 Å². The maximum atomic E-state index is 5.48. The van der Waals surface area contributed by atoms with Gasteiger partial charge in [0.25, 0.3) is 0 Å². The fraction of sp³-hybridized carbons (Fsp3) is 0.750. The minimum Gasteiger partial charge on any atom is -0.369 e. The Labute approximate surface area is 129 Å². The summed E-state index contributed by atoms with van der Waals surface area (Å²) in [5, 5.41) is 3.44. The number of nitrogens with zero attached hydrogens (tertiary/aromatic N) is 2. The molecule has 0 saturated carbocycles. The molecule has 1 heterocycles. The van der Waals surface area contributed by atoms with Crippen molar-refractivity contribution in [1.29, 1.82) is 0 Å². The van der Waals surface area contributed by atoms with E-state index in [1.165, 1.54) is 25.7 Å². The molecule has 0 aliphatic rings.